The van der Waals surface area contributed by atoms with Gasteiger partial charge in [-0.2, -0.15) is 0 Å². The Balaban J connectivity index is 1.51. The van der Waals surface area contributed by atoms with Crippen molar-refractivity contribution in [3.8, 4) is 0 Å². The Morgan fingerprint density at radius 1 is 0.931 bits per heavy atom. The first kappa shape index (κ1) is 18.0. The quantitative estimate of drug-likeness (QED) is 0.312. The Hall–Kier alpha value is -3.09. The Labute approximate surface area is 175 Å². The number of aromatic nitrogens is 3. The molecule has 5 rings (SSSR count). The summed E-state index contributed by atoms with van der Waals surface area (Å²) in [5.74, 6) is 0.125. The maximum atomic E-state index is 12.5. The van der Waals surface area contributed by atoms with E-state index in [9.17, 15) is 4.79 Å². The van der Waals surface area contributed by atoms with Gasteiger partial charge in [0.25, 0.3) is 0 Å². The molecule has 0 aliphatic heterocycles. The molecule has 7 heteroatoms. The van der Waals surface area contributed by atoms with Crippen LogP contribution in [0.15, 0.2) is 78.0 Å². The third-order valence-corrected chi connectivity index (χ3v) is 5.76. The van der Waals surface area contributed by atoms with E-state index in [0.717, 1.165) is 32.7 Å². The van der Waals surface area contributed by atoms with E-state index in [4.69, 9.17) is 21.6 Å². The first-order chi connectivity index (χ1) is 14.2. The van der Waals surface area contributed by atoms with Gasteiger partial charge in [0.05, 0.1) is 22.3 Å². The number of hydrogen-bond donors (Lipinski definition) is 1. The predicted molar refractivity (Wildman–Crippen MR) is 119 cm³/mol. The summed E-state index contributed by atoms with van der Waals surface area (Å²) in [5.41, 5.74) is 4.29. The summed E-state index contributed by atoms with van der Waals surface area (Å²) in [4.78, 5) is 22.1. The molecule has 5 nitrogen and oxygen atoms in total. The van der Waals surface area contributed by atoms with Gasteiger partial charge in [-0.05, 0) is 48.5 Å². The smallest absolute Gasteiger partial charge is 0.234 e. The van der Waals surface area contributed by atoms with Crippen LogP contribution < -0.4 is 5.32 Å². The maximum absolute atomic E-state index is 12.5. The summed E-state index contributed by atoms with van der Waals surface area (Å²) in [6.07, 6.45) is 0. The highest BCUT2D eigenvalue weighted by atomic mass is 35.5. The van der Waals surface area contributed by atoms with Crippen molar-refractivity contribution >= 4 is 62.5 Å². The van der Waals surface area contributed by atoms with E-state index in [1.807, 2.05) is 52.9 Å². The number of carbonyl (C=O) groups is 1. The van der Waals surface area contributed by atoms with Gasteiger partial charge in [-0.15, -0.1) is 0 Å². The summed E-state index contributed by atoms with van der Waals surface area (Å²) < 4.78 is 2.03. The van der Waals surface area contributed by atoms with E-state index in [0.29, 0.717) is 10.7 Å². The van der Waals surface area contributed by atoms with Crippen LogP contribution in [-0.2, 0) is 4.79 Å². The lowest BCUT2D eigenvalue weighted by molar-refractivity contribution is -0.113. The molecule has 0 aliphatic carbocycles. The zero-order valence-corrected chi connectivity index (χ0v) is 16.7. The van der Waals surface area contributed by atoms with Crippen LogP contribution in [0.25, 0.3) is 27.6 Å². The SMILES string of the molecule is O=C(CSc1nc2ccccc2c2nc3ccccc3n12)Nc1ccc(Cl)cc1. The first-order valence-corrected chi connectivity index (χ1v) is 10.4. The Kier molecular flexibility index (Phi) is 4.58. The minimum Gasteiger partial charge on any atom is -0.325 e. The van der Waals surface area contributed by atoms with Crippen LogP contribution in [-0.4, -0.2) is 26.0 Å². The van der Waals surface area contributed by atoms with Gasteiger partial charge >= 0.3 is 0 Å². The van der Waals surface area contributed by atoms with Gasteiger partial charge in [0, 0.05) is 16.1 Å². The molecule has 0 fully saturated rings. The van der Waals surface area contributed by atoms with Crippen molar-refractivity contribution in [2.45, 2.75) is 5.16 Å². The highest BCUT2D eigenvalue weighted by molar-refractivity contribution is 7.99. The topological polar surface area (TPSA) is 59.3 Å². The predicted octanol–water partition coefficient (Wildman–Crippen LogP) is 5.42. The number of halogens is 1. The van der Waals surface area contributed by atoms with Gasteiger partial charge in [-0.25, -0.2) is 9.97 Å². The Morgan fingerprint density at radius 3 is 2.48 bits per heavy atom. The molecule has 0 saturated carbocycles. The van der Waals surface area contributed by atoms with Gasteiger partial charge in [-0.3, -0.25) is 9.20 Å². The Bertz CT molecular complexity index is 1360. The molecule has 0 spiro atoms. The molecule has 1 amide bonds. The molecule has 0 bridgehead atoms. The molecular formula is C22H15ClN4OS. The molecule has 0 atom stereocenters. The number of imidazole rings is 1. The van der Waals surface area contributed by atoms with E-state index < -0.39 is 0 Å². The third kappa shape index (κ3) is 3.41. The Morgan fingerprint density at radius 2 is 1.66 bits per heavy atom. The monoisotopic (exact) mass is 418 g/mol. The number of carbonyl (C=O) groups excluding carboxylic acids is 1. The molecule has 5 aromatic rings. The molecule has 0 saturated heterocycles. The van der Waals surface area contributed by atoms with Gasteiger partial charge in [0.1, 0.15) is 5.65 Å². The van der Waals surface area contributed by atoms with Crippen LogP contribution in [0.4, 0.5) is 5.69 Å². The zero-order valence-electron chi connectivity index (χ0n) is 15.2. The fourth-order valence-corrected chi connectivity index (χ4v) is 4.21. The number of nitrogens with one attached hydrogen (secondary N) is 1. The molecule has 0 aliphatic rings. The molecule has 142 valence electrons. The van der Waals surface area contributed by atoms with Crippen LogP contribution in [0.5, 0.6) is 0 Å². The second-order valence-corrected chi connectivity index (χ2v) is 7.89. The molecule has 0 unspecified atom stereocenters. The number of thioether (sulfide) groups is 1. The normalized spacial score (nSPS) is 11.3. The number of para-hydroxylation sites is 3. The molecule has 2 aromatic heterocycles. The van der Waals surface area contributed by atoms with Crippen molar-refractivity contribution in [3.05, 3.63) is 77.8 Å². The minimum atomic E-state index is -0.107. The van der Waals surface area contributed by atoms with Crippen molar-refractivity contribution in [3.63, 3.8) is 0 Å². The van der Waals surface area contributed by atoms with E-state index in [1.165, 1.54) is 11.8 Å². The number of fused-ring (bicyclic) bond motifs is 5. The van der Waals surface area contributed by atoms with Crippen LogP contribution in [0.3, 0.4) is 0 Å². The number of nitrogens with zero attached hydrogens (tertiary/aromatic N) is 3. The number of anilines is 1. The average molecular weight is 419 g/mol. The summed E-state index contributed by atoms with van der Waals surface area (Å²) in [6, 6.07) is 22.9. The third-order valence-electron chi connectivity index (χ3n) is 4.57. The summed E-state index contributed by atoms with van der Waals surface area (Å²) in [6.45, 7) is 0. The summed E-state index contributed by atoms with van der Waals surface area (Å²) >= 11 is 7.28. The molecule has 29 heavy (non-hydrogen) atoms. The fraction of sp³-hybridized carbons (Fsp3) is 0.0455. The first-order valence-electron chi connectivity index (χ1n) is 9.03. The fourth-order valence-electron chi connectivity index (χ4n) is 3.27. The number of benzene rings is 3. The van der Waals surface area contributed by atoms with Gasteiger partial charge in [-0.1, -0.05) is 47.6 Å². The minimum absolute atomic E-state index is 0.107. The number of rotatable bonds is 4. The van der Waals surface area contributed by atoms with E-state index in [1.54, 1.807) is 24.3 Å². The summed E-state index contributed by atoms with van der Waals surface area (Å²) in [5, 5.41) is 5.24. The van der Waals surface area contributed by atoms with Crippen molar-refractivity contribution in [1.82, 2.24) is 14.4 Å². The van der Waals surface area contributed by atoms with E-state index in [2.05, 4.69) is 5.32 Å². The lowest BCUT2D eigenvalue weighted by Gasteiger charge is -2.09. The van der Waals surface area contributed by atoms with Crippen LogP contribution in [0, 0.1) is 0 Å². The van der Waals surface area contributed by atoms with E-state index >= 15 is 0 Å². The van der Waals surface area contributed by atoms with Gasteiger partial charge < -0.3 is 5.32 Å². The molecule has 0 radical (unpaired) electrons. The van der Waals surface area contributed by atoms with Crippen molar-refractivity contribution in [2.24, 2.45) is 0 Å². The van der Waals surface area contributed by atoms with E-state index in [-0.39, 0.29) is 11.7 Å². The maximum Gasteiger partial charge on any atom is 0.234 e. The highest BCUT2D eigenvalue weighted by Gasteiger charge is 2.15. The molecule has 3 aromatic carbocycles. The van der Waals surface area contributed by atoms with Crippen molar-refractivity contribution in [2.75, 3.05) is 11.1 Å². The largest absolute Gasteiger partial charge is 0.325 e. The van der Waals surface area contributed by atoms with Crippen LogP contribution in [0.2, 0.25) is 5.02 Å². The summed E-state index contributed by atoms with van der Waals surface area (Å²) in [7, 11) is 0. The van der Waals surface area contributed by atoms with Crippen molar-refractivity contribution in [1.29, 1.82) is 0 Å². The van der Waals surface area contributed by atoms with Gasteiger partial charge in [0.2, 0.25) is 5.91 Å². The van der Waals surface area contributed by atoms with Gasteiger partial charge in [0.15, 0.2) is 5.16 Å². The zero-order chi connectivity index (χ0) is 19.8. The van der Waals surface area contributed by atoms with Crippen molar-refractivity contribution < 1.29 is 4.79 Å². The molecule has 2 heterocycles. The van der Waals surface area contributed by atoms with Crippen LogP contribution in [0.1, 0.15) is 0 Å². The lowest BCUT2D eigenvalue weighted by atomic mass is 10.2. The average Bonchev–Trinajstić information content (AvgIpc) is 3.14. The molecule has 1 N–H and O–H groups in total. The van der Waals surface area contributed by atoms with Crippen LogP contribution >= 0.6 is 23.4 Å². The second-order valence-electron chi connectivity index (χ2n) is 6.51. The number of hydrogen-bond acceptors (Lipinski definition) is 4. The standard InChI is InChI=1S/C22H15ClN4OS/c23-14-9-11-15(12-10-14)24-20(28)13-29-22-26-17-6-2-1-5-16(17)21-25-18-7-3-4-8-19(18)27(21)22/h1-12H,13H2,(H,24,28). The molecular weight excluding hydrogens is 404 g/mol. The number of amides is 1. The highest BCUT2D eigenvalue weighted by Crippen LogP contribution is 2.29. The second kappa shape index (κ2) is 7.39. The lowest BCUT2D eigenvalue weighted by Crippen LogP contribution is -2.14.